The van der Waals surface area contributed by atoms with Gasteiger partial charge in [0.15, 0.2) is 6.10 Å². The van der Waals surface area contributed by atoms with Crippen LogP contribution < -0.4 is 15.4 Å². The maximum atomic E-state index is 12.0. The van der Waals surface area contributed by atoms with Crippen molar-refractivity contribution in [1.82, 2.24) is 10.6 Å². The van der Waals surface area contributed by atoms with Crippen molar-refractivity contribution >= 4 is 11.8 Å². The molecule has 2 aromatic rings. The van der Waals surface area contributed by atoms with Crippen LogP contribution in [0.5, 0.6) is 5.75 Å². The molecule has 0 spiro atoms. The number of carbonyl (C=O) groups excluding carboxylic acids is 2. The Kier molecular flexibility index (Phi) is 6.37. The van der Waals surface area contributed by atoms with Crippen LogP contribution in [0.25, 0.3) is 0 Å². The van der Waals surface area contributed by atoms with Crippen molar-refractivity contribution in [2.75, 3.05) is 13.1 Å². The van der Waals surface area contributed by atoms with Crippen LogP contribution in [0, 0.1) is 6.92 Å². The van der Waals surface area contributed by atoms with E-state index in [9.17, 15) is 9.59 Å². The summed E-state index contributed by atoms with van der Waals surface area (Å²) in [6.45, 7) is 4.36. The first-order valence-electron chi connectivity index (χ1n) is 7.90. The van der Waals surface area contributed by atoms with Crippen LogP contribution in [-0.4, -0.2) is 31.0 Å². The number of amides is 2. The summed E-state index contributed by atoms with van der Waals surface area (Å²) in [7, 11) is 0. The maximum absolute atomic E-state index is 12.0. The lowest BCUT2D eigenvalue weighted by Gasteiger charge is -2.15. The molecule has 0 radical (unpaired) electrons. The fraction of sp³-hybridized carbons (Fsp3) is 0.263. The maximum Gasteiger partial charge on any atom is 0.260 e. The van der Waals surface area contributed by atoms with E-state index in [0.29, 0.717) is 24.4 Å². The van der Waals surface area contributed by atoms with Crippen LogP contribution >= 0.6 is 0 Å². The standard InChI is InChI=1S/C19H22N2O3/c1-14-7-6-10-17(13-14)24-15(2)18(22)20-11-12-21-19(23)16-8-4-3-5-9-16/h3-10,13,15H,11-12H2,1-2H3,(H,20,22)(H,21,23). The Labute approximate surface area is 142 Å². The van der Waals surface area contributed by atoms with Gasteiger partial charge in [-0.05, 0) is 43.7 Å². The summed E-state index contributed by atoms with van der Waals surface area (Å²) in [6.07, 6.45) is -0.600. The second kappa shape index (κ2) is 8.72. The third kappa shape index (κ3) is 5.43. The molecule has 0 aromatic heterocycles. The average molecular weight is 326 g/mol. The largest absolute Gasteiger partial charge is 0.481 e. The van der Waals surface area contributed by atoms with Gasteiger partial charge in [-0.1, -0.05) is 30.3 Å². The summed E-state index contributed by atoms with van der Waals surface area (Å²) >= 11 is 0. The lowest BCUT2D eigenvalue weighted by atomic mass is 10.2. The molecule has 0 aliphatic carbocycles. The van der Waals surface area contributed by atoms with E-state index in [-0.39, 0.29) is 11.8 Å². The van der Waals surface area contributed by atoms with Gasteiger partial charge in [-0.2, -0.15) is 0 Å². The predicted molar refractivity (Wildman–Crippen MR) is 93.1 cm³/mol. The highest BCUT2D eigenvalue weighted by Gasteiger charge is 2.14. The molecule has 0 aliphatic heterocycles. The lowest BCUT2D eigenvalue weighted by molar-refractivity contribution is -0.127. The highest BCUT2D eigenvalue weighted by Crippen LogP contribution is 2.14. The SMILES string of the molecule is Cc1cccc(OC(C)C(=O)NCCNC(=O)c2ccccc2)c1. The average Bonchev–Trinajstić information content (AvgIpc) is 2.59. The highest BCUT2D eigenvalue weighted by molar-refractivity contribution is 5.94. The Bertz CT molecular complexity index is 686. The molecule has 2 amide bonds. The minimum atomic E-state index is -0.600. The molecule has 1 unspecified atom stereocenters. The van der Waals surface area contributed by atoms with Crippen LogP contribution in [0.15, 0.2) is 54.6 Å². The van der Waals surface area contributed by atoms with Gasteiger partial charge in [0, 0.05) is 18.7 Å². The summed E-state index contributed by atoms with van der Waals surface area (Å²) in [5.74, 6) is 0.286. The molecule has 0 bridgehead atoms. The van der Waals surface area contributed by atoms with Crippen molar-refractivity contribution in [1.29, 1.82) is 0 Å². The molecule has 5 heteroatoms. The minimum Gasteiger partial charge on any atom is -0.481 e. The van der Waals surface area contributed by atoms with Gasteiger partial charge in [-0.15, -0.1) is 0 Å². The number of hydrogen-bond donors (Lipinski definition) is 2. The number of hydrogen-bond acceptors (Lipinski definition) is 3. The molecule has 0 saturated heterocycles. The fourth-order valence-corrected chi connectivity index (χ4v) is 2.14. The van der Waals surface area contributed by atoms with E-state index in [1.165, 1.54) is 0 Å². The van der Waals surface area contributed by atoms with Crippen molar-refractivity contribution in [3.63, 3.8) is 0 Å². The molecule has 2 rings (SSSR count). The summed E-state index contributed by atoms with van der Waals surface area (Å²) < 4.78 is 5.61. The number of carbonyl (C=O) groups is 2. The zero-order chi connectivity index (χ0) is 17.4. The zero-order valence-electron chi connectivity index (χ0n) is 13.9. The smallest absolute Gasteiger partial charge is 0.260 e. The number of ether oxygens (including phenoxy) is 1. The van der Waals surface area contributed by atoms with E-state index in [1.807, 2.05) is 37.3 Å². The highest BCUT2D eigenvalue weighted by atomic mass is 16.5. The van der Waals surface area contributed by atoms with Gasteiger partial charge in [0.2, 0.25) is 0 Å². The molecule has 2 N–H and O–H groups in total. The first-order valence-corrected chi connectivity index (χ1v) is 7.90. The normalized spacial score (nSPS) is 11.4. The second-order valence-corrected chi connectivity index (χ2v) is 5.49. The van der Waals surface area contributed by atoms with Gasteiger partial charge in [-0.3, -0.25) is 9.59 Å². The predicted octanol–water partition coefficient (Wildman–Crippen LogP) is 2.31. The molecule has 0 saturated carbocycles. The minimum absolute atomic E-state index is 0.158. The van der Waals surface area contributed by atoms with Crippen LogP contribution in [0.4, 0.5) is 0 Å². The van der Waals surface area contributed by atoms with E-state index in [1.54, 1.807) is 31.2 Å². The van der Waals surface area contributed by atoms with E-state index >= 15 is 0 Å². The van der Waals surface area contributed by atoms with Gasteiger partial charge in [0.05, 0.1) is 0 Å². The van der Waals surface area contributed by atoms with Gasteiger partial charge in [-0.25, -0.2) is 0 Å². The molecule has 0 heterocycles. The molecule has 5 nitrogen and oxygen atoms in total. The van der Waals surface area contributed by atoms with E-state index < -0.39 is 6.10 Å². The molecule has 126 valence electrons. The first kappa shape index (κ1) is 17.5. The molecule has 0 aliphatic rings. The van der Waals surface area contributed by atoms with Crippen molar-refractivity contribution < 1.29 is 14.3 Å². The van der Waals surface area contributed by atoms with Gasteiger partial charge < -0.3 is 15.4 Å². The monoisotopic (exact) mass is 326 g/mol. The van der Waals surface area contributed by atoms with Crippen molar-refractivity contribution in [2.24, 2.45) is 0 Å². The van der Waals surface area contributed by atoms with E-state index in [0.717, 1.165) is 5.56 Å². The Morgan fingerprint density at radius 1 is 1.00 bits per heavy atom. The Morgan fingerprint density at radius 2 is 1.71 bits per heavy atom. The molecule has 0 fully saturated rings. The van der Waals surface area contributed by atoms with Gasteiger partial charge in [0.1, 0.15) is 5.75 Å². The van der Waals surface area contributed by atoms with Crippen LogP contribution in [0.3, 0.4) is 0 Å². The van der Waals surface area contributed by atoms with Crippen molar-refractivity contribution in [3.05, 3.63) is 65.7 Å². The Morgan fingerprint density at radius 3 is 2.42 bits per heavy atom. The number of nitrogens with one attached hydrogen (secondary N) is 2. The third-order valence-corrected chi connectivity index (χ3v) is 3.42. The number of aryl methyl sites for hydroxylation is 1. The number of rotatable bonds is 7. The summed E-state index contributed by atoms with van der Waals surface area (Å²) in [5.41, 5.74) is 1.67. The van der Waals surface area contributed by atoms with Crippen molar-refractivity contribution in [2.45, 2.75) is 20.0 Å². The first-order chi connectivity index (χ1) is 11.6. The van der Waals surface area contributed by atoms with E-state index in [2.05, 4.69) is 10.6 Å². The molecule has 2 aromatic carbocycles. The lowest BCUT2D eigenvalue weighted by Crippen LogP contribution is -2.40. The van der Waals surface area contributed by atoms with E-state index in [4.69, 9.17) is 4.74 Å². The second-order valence-electron chi connectivity index (χ2n) is 5.49. The molecular weight excluding hydrogens is 304 g/mol. The van der Waals surface area contributed by atoms with Crippen molar-refractivity contribution in [3.8, 4) is 5.75 Å². The molecule has 24 heavy (non-hydrogen) atoms. The van der Waals surface area contributed by atoms with Crippen LogP contribution in [0.2, 0.25) is 0 Å². The summed E-state index contributed by atoms with van der Waals surface area (Å²) in [5, 5.41) is 5.50. The van der Waals surface area contributed by atoms with Gasteiger partial charge in [0.25, 0.3) is 11.8 Å². The van der Waals surface area contributed by atoms with Gasteiger partial charge >= 0.3 is 0 Å². The summed E-state index contributed by atoms with van der Waals surface area (Å²) in [4.78, 5) is 23.8. The zero-order valence-corrected chi connectivity index (χ0v) is 13.9. The summed E-state index contributed by atoms with van der Waals surface area (Å²) in [6, 6.07) is 16.5. The Balaban J connectivity index is 1.70. The number of benzene rings is 2. The third-order valence-electron chi connectivity index (χ3n) is 3.42. The quantitative estimate of drug-likeness (QED) is 0.767. The fourth-order valence-electron chi connectivity index (χ4n) is 2.14. The molecule has 1 atom stereocenters. The Hall–Kier alpha value is -2.82. The topological polar surface area (TPSA) is 67.4 Å². The molecular formula is C19H22N2O3. The van der Waals surface area contributed by atoms with Crippen LogP contribution in [-0.2, 0) is 4.79 Å². The van der Waals surface area contributed by atoms with Crippen LogP contribution in [0.1, 0.15) is 22.8 Å².